The van der Waals surface area contributed by atoms with E-state index in [2.05, 4.69) is 5.10 Å². The second-order valence-corrected chi connectivity index (χ2v) is 6.53. The first-order valence-corrected chi connectivity index (χ1v) is 8.19. The molecule has 0 aliphatic heterocycles. The van der Waals surface area contributed by atoms with Crippen molar-refractivity contribution < 1.29 is 17.9 Å². The van der Waals surface area contributed by atoms with E-state index < -0.39 is 15.9 Å². The van der Waals surface area contributed by atoms with Gasteiger partial charge >= 0.3 is 0 Å². The summed E-state index contributed by atoms with van der Waals surface area (Å²) in [6, 6.07) is 7.16. The fraction of sp³-hybridized carbons (Fsp3) is 0.200. The van der Waals surface area contributed by atoms with Gasteiger partial charge in [-0.05, 0) is 18.6 Å². The maximum Gasteiger partial charge on any atom is 0.267 e. The lowest BCUT2D eigenvalue weighted by atomic mass is 10.1. The number of benzene rings is 1. The summed E-state index contributed by atoms with van der Waals surface area (Å²) in [5, 5.41) is 3.78. The Bertz CT molecular complexity index is 853. The summed E-state index contributed by atoms with van der Waals surface area (Å²) in [6.07, 6.45) is 3.70. The molecule has 1 aromatic heterocycles. The highest BCUT2D eigenvalue weighted by molar-refractivity contribution is 7.90. The number of nitrogens with one attached hydrogen (secondary N) is 1. The third kappa shape index (κ3) is 3.98. The molecule has 1 amide bonds. The van der Waals surface area contributed by atoms with Crippen LogP contribution < -0.4 is 9.46 Å². The maximum atomic E-state index is 12.1. The second-order valence-electron chi connectivity index (χ2n) is 4.85. The van der Waals surface area contributed by atoms with E-state index in [4.69, 9.17) is 4.74 Å². The van der Waals surface area contributed by atoms with E-state index in [1.807, 2.05) is 10.8 Å². The number of para-hydroxylation sites is 1. The highest BCUT2D eigenvalue weighted by Gasteiger charge is 2.18. The number of aromatic nitrogens is 2. The average molecular weight is 335 g/mol. The molecule has 2 rings (SSSR count). The van der Waals surface area contributed by atoms with Crippen LogP contribution >= 0.6 is 0 Å². The minimum atomic E-state index is -3.94. The Morgan fingerprint density at radius 3 is 2.65 bits per heavy atom. The summed E-state index contributed by atoms with van der Waals surface area (Å²) in [7, 11) is -0.824. The smallest absolute Gasteiger partial charge is 0.267 e. The van der Waals surface area contributed by atoms with Crippen molar-refractivity contribution in [3.05, 3.63) is 48.3 Å². The van der Waals surface area contributed by atoms with E-state index in [0.29, 0.717) is 16.9 Å². The lowest BCUT2D eigenvalue weighted by molar-refractivity contribution is -0.114. The fourth-order valence-electron chi connectivity index (χ4n) is 2.00. The van der Waals surface area contributed by atoms with Crippen LogP contribution in [0.25, 0.3) is 5.57 Å². The third-order valence-electron chi connectivity index (χ3n) is 3.11. The van der Waals surface area contributed by atoms with E-state index in [1.165, 1.54) is 30.3 Å². The fourth-order valence-corrected chi connectivity index (χ4v) is 2.92. The van der Waals surface area contributed by atoms with Crippen LogP contribution in [0.15, 0.2) is 47.6 Å². The van der Waals surface area contributed by atoms with Gasteiger partial charge in [0.05, 0.1) is 13.3 Å². The molecule has 0 radical (unpaired) electrons. The topological polar surface area (TPSA) is 90.3 Å². The van der Waals surface area contributed by atoms with Gasteiger partial charge in [0.25, 0.3) is 15.9 Å². The van der Waals surface area contributed by atoms with Crippen LogP contribution in [-0.4, -0.2) is 31.2 Å². The highest BCUT2D eigenvalue weighted by Crippen LogP contribution is 2.25. The van der Waals surface area contributed by atoms with Crippen molar-refractivity contribution in [2.24, 2.45) is 7.05 Å². The zero-order chi connectivity index (χ0) is 17.0. The molecule has 122 valence electrons. The molecule has 0 atom stereocenters. The number of carbonyl (C=O) groups excluding carboxylic acids is 1. The van der Waals surface area contributed by atoms with Crippen LogP contribution in [0.3, 0.4) is 0 Å². The van der Waals surface area contributed by atoms with Crippen LogP contribution in [0.2, 0.25) is 0 Å². The molecule has 0 spiro atoms. The van der Waals surface area contributed by atoms with Crippen LogP contribution in [0.5, 0.6) is 5.75 Å². The number of rotatable bonds is 5. The molecule has 0 fully saturated rings. The van der Waals surface area contributed by atoms with Crippen molar-refractivity contribution in [2.45, 2.75) is 11.8 Å². The van der Waals surface area contributed by atoms with Gasteiger partial charge in [0.15, 0.2) is 0 Å². The van der Waals surface area contributed by atoms with Crippen LogP contribution in [-0.2, 0) is 21.9 Å². The number of allylic oxidation sites excluding steroid dienone is 1. The van der Waals surface area contributed by atoms with E-state index in [0.717, 1.165) is 0 Å². The van der Waals surface area contributed by atoms with Gasteiger partial charge in [0.1, 0.15) is 10.6 Å². The first kappa shape index (κ1) is 16.8. The predicted octanol–water partition coefficient (Wildman–Crippen LogP) is 1.34. The molecule has 0 bridgehead atoms. The molecule has 0 aliphatic rings. The van der Waals surface area contributed by atoms with Crippen molar-refractivity contribution >= 4 is 21.5 Å². The normalized spacial score (nSPS) is 12.0. The lowest BCUT2D eigenvalue weighted by Crippen LogP contribution is -2.29. The SMILES string of the molecule is COc1ccccc1/C(C)=C\C(=O)NS(=O)(=O)c1cnn(C)c1. The standard InChI is InChI=1S/C15H17N3O4S/c1-11(13-6-4-5-7-14(13)22-3)8-15(19)17-23(20,21)12-9-16-18(2)10-12/h4-10H,1-3H3,(H,17,19)/b11-8-. The molecule has 7 nitrogen and oxygen atoms in total. The van der Waals surface area contributed by atoms with Crippen molar-refractivity contribution in [1.29, 1.82) is 0 Å². The molecule has 2 aromatic rings. The number of nitrogens with zero attached hydrogens (tertiary/aromatic N) is 2. The molecule has 1 heterocycles. The molecular formula is C15H17N3O4S. The van der Waals surface area contributed by atoms with E-state index >= 15 is 0 Å². The summed E-state index contributed by atoms with van der Waals surface area (Å²) in [5.74, 6) is -0.138. The molecule has 0 unspecified atom stereocenters. The largest absolute Gasteiger partial charge is 0.496 e. The molecular weight excluding hydrogens is 318 g/mol. The number of hydrogen-bond acceptors (Lipinski definition) is 5. The number of aryl methyl sites for hydroxylation is 1. The zero-order valence-corrected chi connectivity index (χ0v) is 13.8. The Morgan fingerprint density at radius 2 is 2.04 bits per heavy atom. The Kier molecular flexibility index (Phi) is 4.85. The first-order valence-electron chi connectivity index (χ1n) is 6.70. The van der Waals surface area contributed by atoms with Gasteiger partial charge in [-0.2, -0.15) is 5.10 Å². The molecule has 8 heteroatoms. The summed E-state index contributed by atoms with van der Waals surface area (Å²) < 4.78 is 32.7. The van der Waals surface area contributed by atoms with Gasteiger partial charge in [-0.3, -0.25) is 9.48 Å². The quantitative estimate of drug-likeness (QED) is 0.833. The van der Waals surface area contributed by atoms with Crippen molar-refractivity contribution in [3.8, 4) is 5.75 Å². The number of methoxy groups -OCH3 is 1. The van der Waals surface area contributed by atoms with Crippen molar-refractivity contribution in [1.82, 2.24) is 14.5 Å². The number of sulfonamides is 1. The lowest BCUT2D eigenvalue weighted by Gasteiger charge is -2.08. The van der Waals surface area contributed by atoms with Gasteiger partial charge in [-0.1, -0.05) is 18.2 Å². The average Bonchev–Trinajstić information content (AvgIpc) is 2.94. The third-order valence-corrected chi connectivity index (χ3v) is 4.41. The molecule has 0 saturated carbocycles. The Morgan fingerprint density at radius 1 is 1.35 bits per heavy atom. The van der Waals surface area contributed by atoms with Crippen molar-refractivity contribution in [3.63, 3.8) is 0 Å². The summed E-state index contributed by atoms with van der Waals surface area (Å²) in [6.45, 7) is 1.70. The van der Waals surface area contributed by atoms with Crippen LogP contribution in [0, 0.1) is 0 Å². The zero-order valence-electron chi connectivity index (χ0n) is 13.0. The van der Waals surface area contributed by atoms with Gasteiger partial charge in [-0.25, -0.2) is 13.1 Å². The number of ether oxygens (including phenoxy) is 1. The molecule has 1 aromatic carbocycles. The Hall–Kier alpha value is -2.61. The minimum absolute atomic E-state index is 0.0725. The van der Waals surface area contributed by atoms with E-state index in [1.54, 1.807) is 32.2 Å². The second kappa shape index (κ2) is 6.66. The summed E-state index contributed by atoms with van der Waals surface area (Å²) in [5.41, 5.74) is 1.30. The Labute approximate surface area is 134 Å². The summed E-state index contributed by atoms with van der Waals surface area (Å²) >= 11 is 0. The Balaban J connectivity index is 2.21. The summed E-state index contributed by atoms with van der Waals surface area (Å²) in [4.78, 5) is 11.9. The van der Waals surface area contributed by atoms with E-state index in [9.17, 15) is 13.2 Å². The highest BCUT2D eigenvalue weighted by atomic mass is 32.2. The minimum Gasteiger partial charge on any atom is -0.496 e. The van der Waals surface area contributed by atoms with Gasteiger partial charge in [-0.15, -0.1) is 0 Å². The number of carbonyl (C=O) groups is 1. The molecule has 1 N–H and O–H groups in total. The van der Waals surface area contributed by atoms with Crippen molar-refractivity contribution in [2.75, 3.05) is 7.11 Å². The van der Waals surface area contributed by atoms with Crippen LogP contribution in [0.4, 0.5) is 0 Å². The van der Waals surface area contributed by atoms with Gasteiger partial charge in [0, 0.05) is 24.9 Å². The monoisotopic (exact) mass is 335 g/mol. The predicted molar refractivity (Wildman–Crippen MR) is 85.2 cm³/mol. The molecule has 23 heavy (non-hydrogen) atoms. The number of amides is 1. The molecule has 0 aliphatic carbocycles. The first-order chi connectivity index (χ1) is 10.8. The van der Waals surface area contributed by atoms with E-state index in [-0.39, 0.29) is 4.90 Å². The van der Waals surface area contributed by atoms with Gasteiger partial charge in [0.2, 0.25) is 0 Å². The molecule has 0 saturated heterocycles. The number of hydrogen-bond donors (Lipinski definition) is 1. The van der Waals surface area contributed by atoms with Gasteiger partial charge < -0.3 is 4.74 Å². The van der Waals surface area contributed by atoms with Crippen LogP contribution in [0.1, 0.15) is 12.5 Å². The maximum absolute atomic E-state index is 12.1.